The first kappa shape index (κ1) is 18.0. The van der Waals surface area contributed by atoms with Crippen molar-refractivity contribution >= 4 is 17.7 Å². The van der Waals surface area contributed by atoms with E-state index in [0.717, 1.165) is 49.7 Å². The van der Waals surface area contributed by atoms with E-state index >= 15 is 0 Å². The highest BCUT2D eigenvalue weighted by atomic mass is 32.2. The zero-order chi connectivity index (χ0) is 17.8. The lowest BCUT2D eigenvalue weighted by atomic mass is 9.99. The van der Waals surface area contributed by atoms with Crippen molar-refractivity contribution in [3.05, 3.63) is 29.8 Å². The molecule has 1 aliphatic heterocycles. The minimum absolute atomic E-state index is 0.167. The first-order valence-electron chi connectivity index (χ1n) is 9.04. The van der Waals surface area contributed by atoms with Gasteiger partial charge in [-0.05, 0) is 37.7 Å². The highest BCUT2D eigenvalue weighted by Gasteiger charge is 2.26. The summed E-state index contributed by atoms with van der Waals surface area (Å²) >= 11 is 1.42. The van der Waals surface area contributed by atoms with Crippen molar-refractivity contribution in [1.82, 2.24) is 20.1 Å². The van der Waals surface area contributed by atoms with E-state index in [1.54, 1.807) is 0 Å². The first-order valence-corrected chi connectivity index (χ1v) is 9.92. The van der Waals surface area contributed by atoms with E-state index in [9.17, 15) is 4.79 Å². The average molecular weight is 359 g/mol. The molecule has 0 spiro atoms. The number of hydrogen-bond acceptors (Lipinski definition) is 4. The van der Waals surface area contributed by atoms with Crippen LogP contribution in [0.3, 0.4) is 0 Å². The van der Waals surface area contributed by atoms with Crippen LogP contribution in [0.4, 0.5) is 0 Å². The largest absolute Gasteiger partial charge is 0.342 e. The molecule has 134 valence electrons. The number of piperidine rings is 1. The van der Waals surface area contributed by atoms with Crippen molar-refractivity contribution in [2.45, 2.75) is 50.4 Å². The topological polar surface area (TPSA) is 61.9 Å². The number of carbonyl (C=O) groups excluding carboxylic acids is 1. The molecule has 0 aliphatic carbocycles. The molecular weight excluding hydrogens is 332 g/mol. The molecule has 1 fully saturated rings. The van der Waals surface area contributed by atoms with E-state index < -0.39 is 0 Å². The summed E-state index contributed by atoms with van der Waals surface area (Å²) in [5.74, 6) is 1.66. The van der Waals surface area contributed by atoms with Crippen molar-refractivity contribution in [1.29, 1.82) is 0 Å². The molecule has 2 heterocycles. The summed E-state index contributed by atoms with van der Waals surface area (Å²) in [5, 5.41) is 7.71. The van der Waals surface area contributed by atoms with Gasteiger partial charge in [0.05, 0.1) is 5.25 Å². The van der Waals surface area contributed by atoms with E-state index in [4.69, 9.17) is 0 Å². The Balaban J connectivity index is 1.61. The third kappa shape index (κ3) is 4.42. The van der Waals surface area contributed by atoms with Crippen LogP contribution in [-0.4, -0.2) is 44.3 Å². The molecule has 1 amide bonds. The molecule has 1 aliphatic rings. The van der Waals surface area contributed by atoms with Crippen LogP contribution in [-0.2, 0) is 11.2 Å². The highest BCUT2D eigenvalue weighted by molar-refractivity contribution is 8.00. The lowest BCUT2D eigenvalue weighted by Gasteiger charge is -2.31. The number of benzene rings is 1. The minimum atomic E-state index is -0.167. The Bertz CT molecular complexity index is 704. The fourth-order valence-electron chi connectivity index (χ4n) is 3.02. The van der Waals surface area contributed by atoms with E-state index in [1.165, 1.54) is 17.3 Å². The highest BCUT2D eigenvalue weighted by Crippen LogP contribution is 2.25. The van der Waals surface area contributed by atoms with Crippen LogP contribution in [0, 0.1) is 5.92 Å². The Morgan fingerprint density at radius 3 is 2.64 bits per heavy atom. The predicted octanol–water partition coefficient (Wildman–Crippen LogP) is 3.77. The summed E-state index contributed by atoms with van der Waals surface area (Å²) < 4.78 is 0. The number of likely N-dealkylation sites (tertiary alicyclic amines) is 1. The summed E-state index contributed by atoms with van der Waals surface area (Å²) in [4.78, 5) is 19.1. The number of aromatic amines is 1. The van der Waals surface area contributed by atoms with Crippen molar-refractivity contribution in [2.24, 2.45) is 5.92 Å². The normalized spacial score (nSPS) is 16.8. The maximum absolute atomic E-state index is 12.6. The SMILES string of the molecule is CCc1ccc(-c2nc(S[C@@H](C)C(=O)N3CCC(C)CC3)n[nH]2)cc1. The van der Waals surface area contributed by atoms with Gasteiger partial charge in [0.15, 0.2) is 5.82 Å². The summed E-state index contributed by atoms with van der Waals surface area (Å²) in [6, 6.07) is 8.32. The molecule has 0 saturated carbocycles. The molecule has 1 saturated heterocycles. The van der Waals surface area contributed by atoms with E-state index in [0.29, 0.717) is 5.16 Å². The number of H-pyrrole nitrogens is 1. The van der Waals surface area contributed by atoms with E-state index in [1.807, 2.05) is 11.8 Å². The molecule has 1 N–H and O–H groups in total. The van der Waals surface area contributed by atoms with Gasteiger partial charge in [-0.25, -0.2) is 4.98 Å². The summed E-state index contributed by atoms with van der Waals surface area (Å²) in [5.41, 5.74) is 2.31. The second kappa shape index (κ2) is 8.04. The van der Waals surface area contributed by atoms with Crippen LogP contribution in [0.1, 0.15) is 39.2 Å². The number of nitrogens with zero attached hydrogens (tertiary/aromatic N) is 3. The monoisotopic (exact) mass is 358 g/mol. The maximum atomic E-state index is 12.6. The molecule has 6 heteroatoms. The molecule has 1 aromatic heterocycles. The molecule has 1 aromatic carbocycles. The average Bonchev–Trinajstić information content (AvgIpc) is 3.10. The molecule has 0 unspecified atom stereocenters. The van der Waals surface area contributed by atoms with Gasteiger partial charge in [-0.2, -0.15) is 0 Å². The molecule has 1 atom stereocenters. The molecule has 2 aromatic rings. The Hall–Kier alpha value is -1.82. The van der Waals surface area contributed by atoms with Gasteiger partial charge < -0.3 is 4.90 Å². The van der Waals surface area contributed by atoms with Crippen molar-refractivity contribution in [3.8, 4) is 11.4 Å². The maximum Gasteiger partial charge on any atom is 0.235 e. The molecule has 0 bridgehead atoms. The van der Waals surface area contributed by atoms with Crippen LogP contribution < -0.4 is 0 Å². The third-order valence-corrected chi connectivity index (χ3v) is 5.77. The third-order valence-electron chi connectivity index (χ3n) is 4.83. The summed E-state index contributed by atoms with van der Waals surface area (Å²) in [7, 11) is 0. The molecule has 0 radical (unpaired) electrons. The van der Waals surface area contributed by atoms with E-state index in [-0.39, 0.29) is 11.2 Å². The van der Waals surface area contributed by atoms with Gasteiger partial charge in [-0.3, -0.25) is 9.89 Å². The van der Waals surface area contributed by atoms with Crippen LogP contribution in [0.25, 0.3) is 11.4 Å². The number of carbonyl (C=O) groups is 1. The van der Waals surface area contributed by atoms with Crippen molar-refractivity contribution < 1.29 is 4.79 Å². The van der Waals surface area contributed by atoms with Crippen molar-refractivity contribution in [3.63, 3.8) is 0 Å². The predicted molar refractivity (Wildman–Crippen MR) is 101 cm³/mol. The molecular formula is C19H26N4OS. The number of aromatic nitrogens is 3. The standard InChI is InChI=1S/C19H26N4OS/c1-4-15-5-7-16(8-6-15)17-20-19(22-21-17)25-14(3)18(24)23-11-9-13(2)10-12-23/h5-8,13-14H,4,9-12H2,1-3H3,(H,20,21,22)/t14-/m0/s1. The number of amides is 1. The first-order chi connectivity index (χ1) is 12.1. The number of rotatable bonds is 5. The fraction of sp³-hybridized carbons (Fsp3) is 0.526. The molecule has 5 nitrogen and oxygen atoms in total. The molecule has 25 heavy (non-hydrogen) atoms. The quantitative estimate of drug-likeness (QED) is 0.827. The number of thioether (sulfide) groups is 1. The van der Waals surface area contributed by atoms with Crippen LogP contribution in [0.2, 0.25) is 0 Å². The second-order valence-electron chi connectivity index (χ2n) is 6.78. The fourth-order valence-corrected chi connectivity index (χ4v) is 3.83. The van der Waals surface area contributed by atoms with Gasteiger partial charge in [-0.15, -0.1) is 5.10 Å². The van der Waals surface area contributed by atoms with Gasteiger partial charge >= 0.3 is 0 Å². The van der Waals surface area contributed by atoms with Gasteiger partial charge in [0, 0.05) is 18.7 Å². The lowest BCUT2D eigenvalue weighted by molar-refractivity contribution is -0.131. The Kier molecular flexibility index (Phi) is 5.78. The summed E-state index contributed by atoms with van der Waals surface area (Å²) in [6.07, 6.45) is 3.22. The van der Waals surface area contributed by atoms with Crippen LogP contribution >= 0.6 is 11.8 Å². The minimum Gasteiger partial charge on any atom is -0.342 e. The van der Waals surface area contributed by atoms with Gasteiger partial charge in [-0.1, -0.05) is 49.9 Å². The van der Waals surface area contributed by atoms with E-state index in [2.05, 4.69) is 53.3 Å². The van der Waals surface area contributed by atoms with Crippen LogP contribution in [0.5, 0.6) is 0 Å². The smallest absolute Gasteiger partial charge is 0.235 e. The summed E-state index contributed by atoms with van der Waals surface area (Å²) in [6.45, 7) is 8.07. The van der Waals surface area contributed by atoms with Gasteiger partial charge in [0.25, 0.3) is 0 Å². The van der Waals surface area contributed by atoms with Crippen molar-refractivity contribution in [2.75, 3.05) is 13.1 Å². The Morgan fingerprint density at radius 2 is 2.00 bits per heavy atom. The van der Waals surface area contributed by atoms with Gasteiger partial charge in [0.1, 0.15) is 0 Å². The van der Waals surface area contributed by atoms with Crippen LogP contribution in [0.15, 0.2) is 29.4 Å². The zero-order valence-electron chi connectivity index (χ0n) is 15.2. The Labute approximate surface area is 153 Å². The number of hydrogen-bond donors (Lipinski definition) is 1. The zero-order valence-corrected chi connectivity index (χ0v) is 16.0. The Morgan fingerprint density at radius 1 is 1.32 bits per heavy atom. The van der Waals surface area contributed by atoms with Gasteiger partial charge in [0.2, 0.25) is 11.1 Å². The molecule has 3 rings (SSSR count). The number of aryl methyl sites for hydroxylation is 1. The second-order valence-corrected chi connectivity index (χ2v) is 8.09. The number of nitrogens with one attached hydrogen (secondary N) is 1. The lowest BCUT2D eigenvalue weighted by Crippen LogP contribution is -2.41.